The quantitative estimate of drug-likeness (QED) is 0.137. The van der Waals surface area contributed by atoms with Gasteiger partial charge in [-0.1, -0.05) is 23.2 Å². The van der Waals surface area contributed by atoms with Gasteiger partial charge in [-0.2, -0.15) is 5.10 Å². The molecule has 1 aliphatic rings. The summed E-state index contributed by atoms with van der Waals surface area (Å²) in [4.78, 5) is 16.8. The number of aliphatic imine (C=N–C) groups is 1. The summed E-state index contributed by atoms with van der Waals surface area (Å²) in [6, 6.07) is 9.72. The van der Waals surface area contributed by atoms with Crippen molar-refractivity contribution < 1.29 is 18.7 Å². The number of aryl methyl sites for hydroxylation is 1. The van der Waals surface area contributed by atoms with Gasteiger partial charge in [0.25, 0.3) is 0 Å². The molecule has 0 atom stereocenters. The molecule has 5 rings (SSSR count). The lowest BCUT2D eigenvalue weighted by Crippen LogP contribution is -2.42. The first kappa shape index (κ1) is 32.4. The molecule has 2 aromatic heterocycles. The second kappa shape index (κ2) is 13.1. The van der Waals surface area contributed by atoms with Crippen molar-refractivity contribution in [2.45, 2.75) is 71.1 Å². The minimum Gasteiger partial charge on any atom is -0.497 e. The molecule has 0 radical (unpaired) electrons. The number of ether oxygens (including phenoxy) is 2. The van der Waals surface area contributed by atoms with Gasteiger partial charge in [0.1, 0.15) is 23.0 Å². The van der Waals surface area contributed by atoms with Crippen molar-refractivity contribution in [2.24, 2.45) is 10.7 Å². The second-order valence-electron chi connectivity index (χ2n) is 12.2. The van der Waals surface area contributed by atoms with Gasteiger partial charge in [0.05, 0.1) is 45.8 Å². The van der Waals surface area contributed by atoms with E-state index in [-0.39, 0.29) is 28.6 Å². The molecule has 0 aliphatic heterocycles. The molecule has 0 unspecified atom stereocenters. The van der Waals surface area contributed by atoms with E-state index in [1.165, 1.54) is 18.2 Å². The van der Waals surface area contributed by atoms with Crippen LogP contribution in [0.3, 0.4) is 0 Å². The molecular weight excluding hydrogens is 618 g/mol. The zero-order chi connectivity index (χ0) is 32.5. The molecule has 0 saturated heterocycles. The summed E-state index contributed by atoms with van der Waals surface area (Å²) in [5, 5.41) is 12.1. The normalized spacial score (nSPS) is 17.3. The fourth-order valence-corrected chi connectivity index (χ4v) is 6.08. The Morgan fingerprint density at radius 2 is 1.80 bits per heavy atom. The number of nitrogens with two attached hydrogens (primary N) is 1. The lowest BCUT2D eigenvalue weighted by molar-refractivity contribution is 0.0492. The van der Waals surface area contributed by atoms with E-state index in [1.54, 1.807) is 23.9 Å². The van der Waals surface area contributed by atoms with Gasteiger partial charge in [0, 0.05) is 35.5 Å². The van der Waals surface area contributed by atoms with Crippen LogP contribution in [0.4, 0.5) is 20.6 Å². The molecule has 1 aliphatic carbocycles. The summed E-state index contributed by atoms with van der Waals surface area (Å²) >= 11 is 13.0. The van der Waals surface area contributed by atoms with Crippen molar-refractivity contribution in [2.75, 3.05) is 12.4 Å². The number of methoxy groups -OCH3 is 1. The summed E-state index contributed by atoms with van der Waals surface area (Å²) in [7, 11) is 1.60. The Labute approximate surface area is 271 Å². The molecule has 4 N–H and O–H groups in total. The number of aromatic nitrogens is 2. The van der Waals surface area contributed by atoms with Gasteiger partial charge in [-0.05, 0) is 89.3 Å². The molecular formula is C33H37Cl2FN6O3. The highest BCUT2D eigenvalue weighted by Crippen LogP contribution is 2.38. The van der Waals surface area contributed by atoms with E-state index >= 15 is 0 Å². The monoisotopic (exact) mass is 654 g/mol. The van der Waals surface area contributed by atoms with E-state index in [2.05, 4.69) is 20.7 Å². The number of carbonyl (C=O) groups is 1. The Kier molecular flexibility index (Phi) is 9.46. The highest BCUT2D eigenvalue weighted by atomic mass is 35.5. The smallest absolute Gasteiger partial charge is 0.407 e. The Bertz CT molecular complexity index is 1740. The van der Waals surface area contributed by atoms with Crippen LogP contribution < -0.4 is 21.1 Å². The number of amidine groups is 1. The highest BCUT2D eigenvalue weighted by molar-refractivity contribution is 6.34. The van der Waals surface area contributed by atoms with E-state index in [9.17, 15) is 9.18 Å². The maximum absolute atomic E-state index is 14.0. The van der Waals surface area contributed by atoms with Crippen LogP contribution in [0.15, 0.2) is 53.8 Å². The third kappa shape index (κ3) is 7.62. The molecule has 4 aromatic rings. The number of alkyl carbamates (subject to hydrolysis) is 1. The number of anilines is 1. The van der Waals surface area contributed by atoms with Crippen LogP contribution in [0.5, 0.6) is 5.75 Å². The number of hydrogen-bond acceptors (Lipinski definition) is 6. The molecule has 1 saturated carbocycles. The molecule has 2 aromatic carbocycles. The van der Waals surface area contributed by atoms with Gasteiger partial charge >= 0.3 is 6.09 Å². The predicted molar refractivity (Wildman–Crippen MR) is 178 cm³/mol. The molecule has 0 bridgehead atoms. The van der Waals surface area contributed by atoms with Crippen molar-refractivity contribution in [3.05, 3.63) is 75.8 Å². The van der Waals surface area contributed by atoms with Crippen molar-refractivity contribution in [3.63, 3.8) is 0 Å². The lowest BCUT2D eigenvalue weighted by Gasteiger charge is -2.31. The fraction of sp³-hybridized carbons (Fsp3) is 0.364. The average Bonchev–Trinajstić information content (AvgIpc) is 3.39. The minimum absolute atomic E-state index is 0.0108. The Hall–Kier alpha value is -4.02. The van der Waals surface area contributed by atoms with E-state index in [0.717, 1.165) is 53.6 Å². The van der Waals surface area contributed by atoms with Crippen LogP contribution in [-0.2, 0) is 4.74 Å². The molecule has 9 nitrogen and oxygen atoms in total. The van der Waals surface area contributed by atoms with E-state index in [0.29, 0.717) is 16.3 Å². The zero-order valence-corrected chi connectivity index (χ0v) is 27.4. The second-order valence-corrected chi connectivity index (χ2v) is 13.0. The van der Waals surface area contributed by atoms with Crippen molar-refractivity contribution >= 4 is 52.0 Å². The third-order valence-corrected chi connectivity index (χ3v) is 8.26. The first-order valence-corrected chi connectivity index (χ1v) is 15.5. The van der Waals surface area contributed by atoms with Crippen molar-refractivity contribution in [1.29, 1.82) is 0 Å². The number of fused-ring (bicyclic) bond motifs is 1. The number of benzene rings is 2. The number of carbonyl (C=O) groups excluding carboxylic acids is 1. The molecule has 1 fully saturated rings. The molecule has 45 heavy (non-hydrogen) atoms. The minimum atomic E-state index is -0.562. The predicted octanol–water partition coefficient (Wildman–Crippen LogP) is 8.05. The Morgan fingerprint density at radius 3 is 2.47 bits per heavy atom. The van der Waals surface area contributed by atoms with Crippen LogP contribution in [0.2, 0.25) is 10.0 Å². The number of nitrogens with zero attached hydrogens (tertiary/aromatic N) is 3. The van der Waals surface area contributed by atoms with Crippen molar-refractivity contribution in [3.8, 4) is 16.9 Å². The van der Waals surface area contributed by atoms with E-state index in [4.69, 9.17) is 38.4 Å². The number of hydrogen-bond donors (Lipinski definition) is 3. The van der Waals surface area contributed by atoms with Gasteiger partial charge in [-0.15, -0.1) is 0 Å². The standard InChI is InChI=1S/C33H37Cl2FN6O3/c1-18-12-23(44-5)15-26(35)29(18)19-13-28-30(39-21-7-9-22(10-8-21)40-32(43)45-33(2,3)4)24(16-38-42(28)17-19)31(37)41-27-14-20(36)6-11-25(27)34/h6,11-17,21-22,39H,7-10H2,1-5H3,(H2,37,41)(H,40,43). The van der Waals surface area contributed by atoms with Gasteiger partial charge in [-0.3, -0.25) is 0 Å². The Morgan fingerprint density at radius 1 is 1.09 bits per heavy atom. The van der Waals surface area contributed by atoms with Gasteiger partial charge in [0.15, 0.2) is 0 Å². The van der Waals surface area contributed by atoms with Gasteiger partial charge in [-0.25, -0.2) is 18.7 Å². The third-order valence-electron chi connectivity index (χ3n) is 7.64. The number of halogens is 3. The summed E-state index contributed by atoms with van der Waals surface area (Å²) < 4.78 is 26.6. The summed E-state index contributed by atoms with van der Waals surface area (Å²) in [5.74, 6) is 0.323. The number of rotatable bonds is 7. The van der Waals surface area contributed by atoms with Gasteiger partial charge in [0.2, 0.25) is 0 Å². The fourth-order valence-electron chi connectivity index (χ4n) is 5.56. The van der Waals surface area contributed by atoms with Crippen LogP contribution in [0, 0.1) is 12.7 Å². The summed E-state index contributed by atoms with van der Waals surface area (Å²) in [6.45, 7) is 7.50. The molecule has 0 spiro atoms. The van der Waals surface area contributed by atoms with E-state index in [1.807, 2.05) is 46.0 Å². The lowest BCUT2D eigenvalue weighted by atomic mass is 9.91. The molecule has 1 amide bonds. The van der Waals surface area contributed by atoms with E-state index < -0.39 is 17.5 Å². The number of amides is 1. The van der Waals surface area contributed by atoms with Crippen LogP contribution in [-0.4, -0.2) is 46.3 Å². The largest absolute Gasteiger partial charge is 0.497 e. The molecule has 238 valence electrons. The van der Waals surface area contributed by atoms with Crippen LogP contribution in [0.1, 0.15) is 57.6 Å². The van der Waals surface area contributed by atoms with Gasteiger partial charge < -0.3 is 25.8 Å². The topological polar surface area (TPSA) is 115 Å². The average molecular weight is 656 g/mol. The molecule has 2 heterocycles. The summed E-state index contributed by atoms with van der Waals surface area (Å²) in [6.07, 6.45) is 6.24. The molecule has 12 heteroatoms. The SMILES string of the molecule is COc1cc(C)c(-c2cc3c(NC4CCC(NC(=O)OC(C)(C)C)CC4)c(C(N)=Nc4cc(F)ccc4Cl)cnn3c2)c(Cl)c1. The zero-order valence-electron chi connectivity index (χ0n) is 25.9. The maximum Gasteiger partial charge on any atom is 0.407 e. The first-order chi connectivity index (χ1) is 21.3. The highest BCUT2D eigenvalue weighted by Gasteiger charge is 2.27. The van der Waals surface area contributed by atoms with Crippen molar-refractivity contribution in [1.82, 2.24) is 14.9 Å². The maximum atomic E-state index is 14.0. The Balaban J connectivity index is 1.50. The number of nitrogens with one attached hydrogen (secondary N) is 2. The first-order valence-electron chi connectivity index (χ1n) is 14.7. The van der Waals surface area contributed by atoms with Crippen LogP contribution >= 0.6 is 23.2 Å². The summed E-state index contributed by atoms with van der Waals surface area (Å²) in [5.41, 5.74) is 10.9. The van der Waals surface area contributed by atoms with Crippen LogP contribution in [0.25, 0.3) is 16.6 Å².